The summed E-state index contributed by atoms with van der Waals surface area (Å²) in [7, 11) is 3.63. The molecule has 2 aliphatic rings. The van der Waals surface area contributed by atoms with E-state index in [0.29, 0.717) is 12.2 Å². The number of methoxy groups -OCH3 is 1. The van der Waals surface area contributed by atoms with Crippen LogP contribution in [0.5, 0.6) is 0 Å². The molecule has 29 heavy (non-hydrogen) atoms. The lowest BCUT2D eigenvalue weighted by molar-refractivity contribution is -0.139. The van der Waals surface area contributed by atoms with Crippen molar-refractivity contribution in [3.8, 4) is 0 Å². The van der Waals surface area contributed by atoms with Gasteiger partial charge in [0.15, 0.2) is 0 Å². The van der Waals surface area contributed by atoms with E-state index < -0.39 is 0 Å². The van der Waals surface area contributed by atoms with E-state index in [-0.39, 0.29) is 30.0 Å². The third-order valence-corrected chi connectivity index (χ3v) is 6.42. The van der Waals surface area contributed by atoms with Crippen molar-refractivity contribution >= 4 is 22.7 Å². The molecule has 4 rings (SSSR count). The molecule has 1 spiro atoms. The van der Waals surface area contributed by atoms with Crippen LogP contribution >= 0.6 is 0 Å². The third kappa shape index (κ3) is 3.72. The van der Waals surface area contributed by atoms with Crippen LogP contribution in [-0.4, -0.2) is 78.6 Å². The van der Waals surface area contributed by atoms with Gasteiger partial charge in [0, 0.05) is 32.1 Å². The number of fused-ring (bicyclic) bond motifs is 1. The van der Waals surface area contributed by atoms with Crippen molar-refractivity contribution in [1.29, 1.82) is 0 Å². The molecule has 0 radical (unpaired) electrons. The van der Waals surface area contributed by atoms with Gasteiger partial charge in [0.25, 0.3) is 5.91 Å². The number of ether oxygens (including phenoxy) is 1. The highest BCUT2D eigenvalue weighted by atomic mass is 16.5. The summed E-state index contributed by atoms with van der Waals surface area (Å²) >= 11 is 0. The molecule has 2 aliphatic heterocycles. The van der Waals surface area contributed by atoms with Crippen molar-refractivity contribution in [3.63, 3.8) is 0 Å². The zero-order valence-electron chi connectivity index (χ0n) is 17.1. The number of amides is 2. The molecule has 1 N–H and O–H groups in total. The van der Waals surface area contributed by atoms with Crippen molar-refractivity contribution < 1.29 is 14.3 Å². The van der Waals surface area contributed by atoms with E-state index in [1.165, 1.54) is 0 Å². The molecule has 154 valence electrons. The quantitative estimate of drug-likeness (QED) is 0.851. The Morgan fingerprint density at radius 3 is 2.90 bits per heavy atom. The molecule has 0 aliphatic carbocycles. The normalized spacial score (nSPS) is 24.9. The first-order valence-corrected chi connectivity index (χ1v) is 10.2. The summed E-state index contributed by atoms with van der Waals surface area (Å²) in [6.07, 6.45) is 2.73. The number of carbonyl (C=O) groups excluding carboxylic acids is 2. The van der Waals surface area contributed by atoms with Gasteiger partial charge in [-0.25, -0.2) is 4.98 Å². The fourth-order valence-corrected chi connectivity index (χ4v) is 4.80. The zero-order valence-corrected chi connectivity index (χ0v) is 17.1. The Kier molecular flexibility index (Phi) is 5.52. The summed E-state index contributed by atoms with van der Waals surface area (Å²) in [6.45, 7) is 2.34. The lowest BCUT2D eigenvalue weighted by Gasteiger charge is -2.47. The number of hydrogen-bond donors (Lipinski definition) is 1. The number of likely N-dealkylation sites (tertiary alicyclic amines) is 2. The smallest absolute Gasteiger partial charge is 0.270 e. The Morgan fingerprint density at radius 1 is 1.24 bits per heavy atom. The summed E-state index contributed by atoms with van der Waals surface area (Å²) in [4.78, 5) is 34.1. The topological polar surface area (TPSA) is 74.8 Å². The van der Waals surface area contributed by atoms with Gasteiger partial charge in [0.2, 0.25) is 5.91 Å². The van der Waals surface area contributed by atoms with Crippen LogP contribution in [0.4, 0.5) is 0 Å². The number of aromatic nitrogens is 1. The molecule has 2 saturated heterocycles. The summed E-state index contributed by atoms with van der Waals surface area (Å²) < 4.78 is 5.04. The highest BCUT2D eigenvalue weighted by Gasteiger charge is 2.50. The second-order valence-electron chi connectivity index (χ2n) is 8.08. The maximum Gasteiger partial charge on any atom is 0.270 e. The highest BCUT2D eigenvalue weighted by molar-refractivity contribution is 5.95. The minimum absolute atomic E-state index is 0.00754. The van der Waals surface area contributed by atoms with E-state index in [1.807, 2.05) is 35.2 Å². The molecule has 7 heteroatoms. The molecule has 2 atom stereocenters. The van der Waals surface area contributed by atoms with E-state index in [9.17, 15) is 9.59 Å². The fraction of sp³-hybridized carbons (Fsp3) is 0.500. The minimum Gasteiger partial charge on any atom is -0.375 e. The van der Waals surface area contributed by atoms with Crippen molar-refractivity contribution in [2.75, 3.05) is 40.4 Å². The average Bonchev–Trinajstić information content (AvgIpc) is 3.02. The summed E-state index contributed by atoms with van der Waals surface area (Å²) in [5.74, 6) is -0.149. The predicted molar refractivity (Wildman–Crippen MR) is 111 cm³/mol. The number of piperidine rings is 1. The van der Waals surface area contributed by atoms with Crippen LogP contribution in [0.2, 0.25) is 0 Å². The number of nitrogens with one attached hydrogen (secondary N) is 1. The van der Waals surface area contributed by atoms with E-state index in [2.05, 4.69) is 22.2 Å². The number of carbonyl (C=O) groups is 2. The van der Waals surface area contributed by atoms with E-state index in [1.54, 1.807) is 13.2 Å². The number of nitrogens with zero attached hydrogens (tertiary/aromatic N) is 3. The van der Waals surface area contributed by atoms with Crippen molar-refractivity contribution in [2.45, 2.75) is 30.8 Å². The average molecular weight is 396 g/mol. The number of hydrogen-bond acceptors (Lipinski definition) is 5. The largest absolute Gasteiger partial charge is 0.375 e. The lowest BCUT2D eigenvalue weighted by atomic mass is 9.82. The number of pyridine rings is 1. The second kappa shape index (κ2) is 8.08. The van der Waals surface area contributed by atoms with E-state index >= 15 is 0 Å². The van der Waals surface area contributed by atoms with Gasteiger partial charge in [-0.3, -0.25) is 14.5 Å². The van der Waals surface area contributed by atoms with Gasteiger partial charge in [0.05, 0.1) is 17.1 Å². The lowest BCUT2D eigenvalue weighted by Crippen LogP contribution is -2.64. The standard InChI is InChI=1S/C22H28N4O3/c1-25-13-10-19(22(25)11-5-12-26(15-22)20(27)14-29-2)24-21(28)18-9-8-16-6-3-4-7-17(16)23-18/h3-4,6-9,19H,5,10-15H2,1-2H3,(H,24,28). The summed E-state index contributed by atoms with van der Waals surface area (Å²) in [6, 6.07) is 11.5. The van der Waals surface area contributed by atoms with Gasteiger partial charge in [-0.05, 0) is 38.4 Å². The van der Waals surface area contributed by atoms with Crippen LogP contribution < -0.4 is 5.32 Å². The molecule has 2 fully saturated rings. The van der Waals surface area contributed by atoms with Gasteiger partial charge >= 0.3 is 0 Å². The number of rotatable bonds is 4. The zero-order chi connectivity index (χ0) is 20.4. The Balaban J connectivity index is 1.53. The minimum atomic E-state index is -0.242. The molecular weight excluding hydrogens is 368 g/mol. The van der Waals surface area contributed by atoms with Crippen LogP contribution in [0, 0.1) is 0 Å². The maximum atomic E-state index is 13.0. The molecule has 1 aromatic heterocycles. The molecule has 2 amide bonds. The summed E-state index contributed by atoms with van der Waals surface area (Å²) in [5, 5.41) is 4.24. The van der Waals surface area contributed by atoms with Crippen LogP contribution in [0.15, 0.2) is 36.4 Å². The third-order valence-electron chi connectivity index (χ3n) is 6.42. The van der Waals surface area contributed by atoms with Gasteiger partial charge in [-0.15, -0.1) is 0 Å². The number of para-hydroxylation sites is 1. The Bertz CT molecular complexity index is 918. The van der Waals surface area contributed by atoms with Crippen LogP contribution in [0.3, 0.4) is 0 Å². The van der Waals surface area contributed by atoms with Gasteiger partial charge < -0.3 is 15.0 Å². The second-order valence-corrected chi connectivity index (χ2v) is 8.08. The van der Waals surface area contributed by atoms with Crippen molar-refractivity contribution in [3.05, 3.63) is 42.1 Å². The summed E-state index contributed by atoms with van der Waals surface area (Å²) in [5.41, 5.74) is 0.998. The van der Waals surface area contributed by atoms with E-state index in [4.69, 9.17) is 4.74 Å². The molecule has 1 aromatic carbocycles. The maximum absolute atomic E-state index is 13.0. The van der Waals surface area contributed by atoms with Crippen molar-refractivity contribution in [1.82, 2.24) is 20.1 Å². The molecule has 7 nitrogen and oxygen atoms in total. The first-order valence-electron chi connectivity index (χ1n) is 10.2. The first kappa shape index (κ1) is 19.8. The highest BCUT2D eigenvalue weighted by Crippen LogP contribution is 2.36. The molecule has 3 heterocycles. The monoisotopic (exact) mass is 396 g/mol. The van der Waals surface area contributed by atoms with Crippen molar-refractivity contribution in [2.24, 2.45) is 0 Å². The molecule has 0 saturated carbocycles. The van der Waals surface area contributed by atoms with Gasteiger partial charge in [-0.1, -0.05) is 24.3 Å². The van der Waals surface area contributed by atoms with Gasteiger partial charge in [-0.2, -0.15) is 0 Å². The Labute approximate surface area is 171 Å². The molecule has 0 bridgehead atoms. The van der Waals surface area contributed by atoms with Crippen LogP contribution in [0.25, 0.3) is 10.9 Å². The predicted octanol–water partition coefficient (Wildman–Crippen LogP) is 1.68. The van der Waals surface area contributed by atoms with E-state index in [0.717, 1.165) is 43.3 Å². The van der Waals surface area contributed by atoms with Crippen LogP contribution in [-0.2, 0) is 9.53 Å². The first-order chi connectivity index (χ1) is 14.0. The van der Waals surface area contributed by atoms with Crippen LogP contribution in [0.1, 0.15) is 29.8 Å². The van der Waals surface area contributed by atoms with Gasteiger partial charge in [0.1, 0.15) is 12.3 Å². The fourth-order valence-electron chi connectivity index (χ4n) is 4.80. The SMILES string of the molecule is COCC(=O)N1CCCC2(C1)C(NC(=O)c1ccc3ccccc3n1)CCN2C. The number of benzene rings is 1. The molecule has 2 aromatic rings. The Hall–Kier alpha value is -2.51. The molecule has 2 unspecified atom stereocenters. The Morgan fingerprint density at radius 2 is 2.07 bits per heavy atom. The molecular formula is C22H28N4O3. The number of likely N-dealkylation sites (N-methyl/N-ethyl adjacent to an activating group) is 1.